The van der Waals surface area contributed by atoms with Crippen LogP contribution in [0.5, 0.6) is 0 Å². The first-order chi connectivity index (χ1) is 9.99. The normalized spacial score (nSPS) is 10.2. The molecule has 3 N–H and O–H groups in total. The van der Waals surface area contributed by atoms with E-state index in [2.05, 4.69) is 15.2 Å². The van der Waals surface area contributed by atoms with Gasteiger partial charge in [0.2, 0.25) is 5.91 Å². The fourth-order valence-corrected chi connectivity index (χ4v) is 1.67. The van der Waals surface area contributed by atoms with Crippen LogP contribution in [-0.2, 0) is 16.1 Å². The van der Waals surface area contributed by atoms with Gasteiger partial charge in [-0.2, -0.15) is 5.10 Å². The van der Waals surface area contributed by atoms with Crippen LogP contribution in [0, 0.1) is 5.82 Å². The van der Waals surface area contributed by atoms with Crippen LogP contribution in [0.4, 0.5) is 15.8 Å². The van der Waals surface area contributed by atoms with E-state index in [1.807, 2.05) is 0 Å². The smallest absolute Gasteiger partial charge is 0.337 e. The van der Waals surface area contributed by atoms with Gasteiger partial charge in [0.15, 0.2) is 0 Å². The Morgan fingerprint density at radius 1 is 1.48 bits per heavy atom. The Morgan fingerprint density at radius 3 is 2.86 bits per heavy atom. The first kappa shape index (κ1) is 14.5. The number of methoxy groups -OCH3 is 1. The number of nitrogens with zero attached hydrogens (tertiary/aromatic N) is 2. The van der Waals surface area contributed by atoms with Crippen LogP contribution in [0.2, 0.25) is 0 Å². The molecule has 1 amide bonds. The number of rotatable bonds is 4. The minimum atomic E-state index is -0.656. The number of carbonyl (C=O) groups is 2. The fourth-order valence-electron chi connectivity index (χ4n) is 1.67. The predicted octanol–water partition coefficient (Wildman–Crippen LogP) is 1.03. The van der Waals surface area contributed by atoms with E-state index in [0.29, 0.717) is 5.69 Å². The number of halogens is 1. The van der Waals surface area contributed by atoms with Gasteiger partial charge in [0.1, 0.15) is 12.4 Å². The molecule has 8 heteroatoms. The molecular formula is C13H13FN4O3. The Morgan fingerprint density at radius 2 is 2.24 bits per heavy atom. The summed E-state index contributed by atoms with van der Waals surface area (Å²) < 4.78 is 19.5. The van der Waals surface area contributed by atoms with E-state index in [4.69, 9.17) is 5.73 Å². The zero-order valence-corrected chi connectivity index (χ0v) is 11.2. The number of aromatic nitrogens is 2. The third-order valence-corrected chi connectivity index (χ3v) is 2.62. The van der Waals surface area contributed by atoms with Crippen molar-refractivity contribution in [2.45, 2.75) is 6.54 Å². The Kier molecular flexibility index (Phi) is 4.17. The number of esters is 1. The van der Waals surface area contributed by atoms with Gasteiger partial charge in [-0.05, 0) is 18.2 Å². The Hall–Kier alpha value is -2.90. The summed E-state index contributed by atoms with van der Waals surface area (Å²) in [5.74, 6) is -1.78. The second kappa shape index (κ2) is 6.04. The molecule has 0 aliphatic carbocycles. The van der Waals surface area contributed by atoms with Crippen LogP contribution < -0.4 is 11.1 Å². The summed E-state index contributed by atoms with van der Waals surface area (Å²) in [5.41, 5.74) is 5.92. The molecule has 2 rings (SSSR count). The van der Waals surface area contributed by atoms with E-state index < -0.39 is 17.7 Å². The average Bonchev–Trinajstić information content (AvgIpc) is 2.85. The van der Waals surface area contributed by atoms with E-state index in [1.54, 1.807) is 0 Å². The van der Waals surface area contributed by atoms with E-state index >= 15 is 0 Å². The van der Waals surface area contributed by atoms with Crippen molar-refractivity contribution < 1.29 is 18.7 Å². The summed E-state index contributed by atoms with van der Waals surface area (Å²) in [6.07, 6.45) is 2.87. The fraction of sp³-hybridized carbons (Fsp3) is 0.154. The van der Waals surface area contributed by atoms with Crippen molar-refractivity contribution in [1.82, 2.24) is 9.78 Å². The molecule has 110 valence electrons. The van der Waals surface area contributed by atoms with Crippen molar-refractivity contribution in [2.24, 2.45) is 0 Å². The molecule has 7 nitrogen and oxygen atoms in total. The van der Waals surface area contributed by atoms with E-state index in [0.717, 1.165) is 6.07 Å². The molecule has 0 saturated heterocycles. The number of nitrogen functional groups attached to an aromatic ring is 1. The zero-order valence-electron chi connectivity index (χ0n) is 11.2. The van der Waals surface area contributed by atoms with Crippen molar-refractivity contribution in [2.75, 3.05) is 18.2 Å². The lowest BCUT2D eigenvalue weighted by Crippen LogP contribution is -2.20. The molecular weight excluding hydrogens is 279 g/mol. The third kappa shape index (κ3) is 3.56. The first-order valence-corrected chi connectivity index (χ1v) is 5.95. The molecule has 1 heterocycles. The van der Waals surface area contributed by atoms with Gasteiger partial charge >= 0.3 is 5.97 Å². The highest BCUT2D eigenvalue weighted by Gasteiger charge is 2.12. The second-order valence-corrected chi connectivity index (χ2v) is 4.21. The van der Waals surface area contributed by atoms with Crippen LogP contribution in [0.1, 0.15) is 10.4 Å². The maximum Gasteiger partial charge on any atom is 0.337 e. The number of anilines is 2. The zero-order chi connectivity index (χ0) is 15.4. The van der Waals surface area contributed by atoms with Gasteiger partial charge in [-0.3, -0.25) is 9.48 Å². The van der Waals surface area contributed by atoms with Gasteiger partial charge in [0.25, 0.3) is 0 Å². The first-order valence-electron chi connectivity index (χ1n) is 5.95. The number of benzene rings is 1. The topological polar surface area (TPSA) is 99.2 Å². The second-order valence-electron chi connectivity index (χ2n) is 4.21. The maximum atomic E-state index is 13.6. The third-order valence-electron chi connectivity index (χ3n) is 2.62. The average molecular weight is 292 g/mol. The summed E-state index contributed by atoms with van der Waals surface area (Å²) in [6.45, 7) is -0.126. The molecule has 0 saturated carbocycles. The molecule has 2 aromatic rings. The Labute approximate surface area is 119 Å². The highest BCUT2D eigenvalue weighted by Crippen LogP contribution is 2.17. The minimum Gasteiger partial charge on any atom is -0.465 e. The SMILES string of the molecule is COC(=O)c1ccc(F)c(NC(=O)Cn2cc(N)cn2)c1. The quantitative estimate of drug-likeness (QED) is 0.820. The molecule has 0 radical (unpaired) electrons. The number of hydrogen-bond donors (Lipinski definition) is 2. The molecule has 0 unspecified atom stereocenters. The van der Waals surface area contributed by atoms with Gasteiger partial charge in [0, 0.05) is 6.20 Å². The molecule has 0 bridgehead atoms. The van der Waals surface area contributed by atoms with Gasteiger partial charge in [-0.1, -0.05) is 0 Å². The van der Waals surface area contributed by atoms with Crippen molar-refractivity contribution >= 4 is 23.3 Å². The lowest BCUT2D eigenvalue weighted by molar-refractivity contribution is -0.116. The van der Waals surface area contributed by atoms with Crippen LogP contribution in [-0.4, -0.2) is 28.8 Å². The van der Waals surface area contributed by atoms with Crippen LogP contribution in [0.15, 0.2) is 30.6 Å². The number of amides is 1. The standard InChI is InChI=1S/C13H13FN4O3/c1-21-13(20)8-2-3-10(14)11(4-8)17-12(19)7-18-6-9(15)5-16-18/h2-6H,7,15H2,1H3,(H,17,19). The summed E-state index contributed by atoms with van der Waals surface area (Å²) in [4.78, 5) is 23.2. The number of ether oxygens (including phenoxy) is 1. The lowest BCUT2D eigenvalue weighted by atomic mass is 10.2. The highest BCUT2D eigenvalue weighted by atomic mass is 19.1. The van der Waals surface area contributed by atoms with Crippen LogP contribution >= 0.6 is 0 Å². The molecule has 0 atom stereocenters. The lowest BCUT2D eigenvalue weighted by Gasteiger charge is -2.08. The van der Waals surface area contributed by atoms with Crippen molar-refractivity contribution in [3.63, 3.8) is 0 Å². The van der Waals surface area contributed by atoms with Gasteiger partial charge in [-0.15, -0.1) is 0 Å². The monoisotopic (exact) mass is 292 g/mol. The predicted molar refractivity (Wildman–Crippen MR) is 73.0 cm³/mol. The summed E-state index contributed by atoms with van der Waals surface area (Å²) >= 11 is 0. The summed E-state index contributed by atoms with van der Waals surface area (Å²) in [5, 5.41) is 6.21. The van der Waals surface area contributed by atoms with E-state index in [9.17, 15) is 14.0 Å². The summed E-state index contributed by atoms with van der Waals surface area (Å²) in [7, 11) is 1.21. The Bertz CT molecular complexity index is 684. The number of hydrogen-bond acceptors (Lipinski definition) is 5. The van der Waals surface area contributed by atoms with Crippen molar-refractivity contribution in [3.8, 4) is 0 Å². The van der Waals surface area contributed by atoms with Gasteiger partial charge < -0.3 is 15.8 Å². The maximum absolute atomic E-state index is 13.6. The minimum absolute atomic E-state index is 0.108. The molecule has 1 aromatic carbocycles. The van der Waals surface area contributed by atoms with Crippen LogP contribution in [0.3, 0.4) is 0 Å². The van der Waals surface area contributed by atoms with E-state index in [1.165, 1.54) is 36.3 Å². The number of nitrogens with two attached hydrogens (primary N) is 1. The van der Waals surface area contributed by atoms with Crippen molar-refractivity contribution in [1.29, 1.82) is 0 Å². The Balaban J connectivity index is 2.11. The van der Waals surface area contributed by atoms with Gasteiger partial charge in [-0.25, -0.2) is 9.18 Å². The number of carbonyl (C=O) groups excluding carboxylic acids is 2. The molecule has 0 fully saturated rings. The summed E-state index contributed by atoms with van der Waals surface area (Å²) in [6, 6.07) is 3.55. The van der Waals surface area contributed by atoms with Crippen LogP contribution in [0.25, 0.3) is 0 Å². The molecule has 0 aliphatic rings. The molecule has 21 heavy (non-hydrogen) atoms. The molecule has 1 aromatic heterocycles. The van der Waals surface area contributed by atoms with E-state index in [-0.39, 0.29) is 17.8 Å². The van der Waals surface area contributed by atoms with Gasteiger partial charge in [0.05, 0.1) is 30.2 Å². The van der Waals surface area contributed by atoms with Crippen molar-refractivity contribution in [3.05, 3.63) is 42.0 Å². The molecule has 0 aliphatic heterocycles. The molecule has 0 spiro atoms. The number of nitrogens with one attached hydrogen (secondary N) is 1. The highest BCUT2D eigenvalue weighted by molar-refractivity contribution is 5.94. The largest absolute Gasteiger partial charge is 0.465 e.